The molecule has 108 valence electrons. The van der Waals surface area contributed by atoms with Gasteiger partial charge in [0.15, 0.2) is 5.17 Å². The number of sulfonamides is 1. The fourth-order valence-corrected chi connectivity index (χ4v) is 4.14. The fourth-order valence-electron chi connectivity index (χ4n) is 1.53. The molecule has 1 aliphatic rings. The number of fused-ring (bicyclic) bond motifs is 1. The molecule has 0 amide bonds. The van der Waals surface area contributed by atoms with Gasteiger partial charge in [0.2, 0.25) is 0 Å². The van der Waals surface area contributed by atoms with Gasteiger partial charge < -0.3 is 0 Å². The molecule has 0 atom stereocenters. The molecule has 1 aromatic rings. The first-order valence-corrected chi connectivity index (χ1v) is 8.13. The van der Waals surface area contributed by atoms with Crippen LogP contribution in [0.5, 0.6) is 0 Å². The second kappa shape index (κ2) is 5.41. The summed E-state index contributed by atoms with van der Waals surface area (Å²) < 4.78 is 26.5. The highest BCUT2D eigenvalue weighted by Gasteiger charge is 2.29. The van der Waals surface area contributed by atoms with E-state index in [0.717, 1.165) is 17.8 Å². The maximum atomic E-state index is 12.1. The standard InChI is InChI=1S/C11H13N3O4S2/c1-7(2)6-12-11-13-20(17,18)10-5-8(14(15)16)3-4-9(10)19-11/h3-5,7H,6H2,1-2H3,(H,12,13). The van der Waals surface area contributed by atoms with E-state index < -0.39 is 14.9 Å². The van der Waals surface area contributed by atoms with Crippen molar-refractivity contribution in [1.29, 1.82) is 0 Å². The lowest BCUT2D eigenvalue weighted by Gasteiger charge is -2.19. The summed E-state index contributed by atoms with van der Waals surface area (Å²) in [7, 11) is -3.80. The Kier molecular flexibility index (Phi) is 4.00. The molecule has 0 bridgehead atoms. The first kappa shape index (κ1) is 14.8. The molecule has 1 N–H and O–H groups in total. The SMILES string of the molecule is CC(C)CN=C1NS(=O)(=O)c2cc([N+](=O)[O-])ccc2S1. The lowest BCUT2D eigenvalue weighted by Crippen LogP contribution is -2.33. The third kappa shape index (κ3) is 3.10. The Morgan fingerprint density at radius 2 is 2.15 bits per heavy atom. The third-order valence-electron chi connectivity index (χ3n) is 2.46. The fraction of sp³-hybridized carbons (Fsp3) is 0.364. The van der Waals surface area contributed by atoms with E-state index in [1.807, 2.05) is 13.8 Å². The van der Waals surface area contributed by atoms with Gasteiger partial charge in [0.1, 0.15) is 4.90 Å². The quantitative estimate of drug-likeness (QED) is 0.679. The van der Waals surface area contributed by atoms with Crippen molar-refractivity contribution in [2.75, 3.05) is 6.54 Å². The first-order valence-electron chi connectivity index (χ1n) is 5.83. The molecule has 0 fully saturated rings. The predicted octanol–water partition coefficient (Wildman–Crippen LogP) is 1.99. The molecule has 7 nitrogen and oxygen atoms in total. The average molecular weight is 315 g/mol. The number of non-ortho nitro benzene ring substituents is 1. The van der Waals surface area contributed by atoms with Crippen LogP contribution in [0, 0.1) is 16.0 Å². The van der Waals surface area contributed by atoms with Gasteiger partial charge in [0.25, 0.3) is 15.7 Å². The van der Waals surface area contributed by atoms with Crippen LogP contribution in [0.2, 0.25) is 0 Å². The molecule has 0 aliphatic carbocycles. The van der Waals surface area contributed by atoms with E-state index in [0.29, 0.717) is 22.5 Å². The first-order chi connectivity index (χ1) is 9.29. The second-order valence-corrected chi connectivity index (χ2v) is 7.32. The van der Waals surface area contributed by atoms with Crippen LogP contribution in [0.3, 0.4) is 0 Å². The number of benzene rings is 1. The van der Waals surface area contributed by atoms with E-state index in [1.54, 1.807) is 0 Å². The van der Waals surface area contributed by atoms with Crippen molar-refractivity contribution in [2.45, 2.75) is 23.6 Å². The second-order valence-electron chi connectivity index (χ2n) is 4.64. The van der Waals surface area contributed by atoms with Crippen molar-refractivity contribution < 1.29 is 13.3 Å². The maximum absolute atomic E-state index is 12.1. The van der Waals surface area contributed by atoms with Gasteiger partial charge in [-0.1, -0.05) is 25.6 Å². The number of hydrogen-bond acceptors (Lipinski definition) is 6. The molecule has 20 heavy (non-hydrogen) atoms. The molecule has 0 saturated heterocycles. The molecule has 1 heterocycles. The van der Waals surface area contributed by atoms with Crippen molar-refractivity contribution in [3.8, 4) is 0 Å². The van der Waals surface area contributed by atoms with Gasteiger partial charge in [-0.3, -0.25) is 19.8 Å². The summed E-state index contributed by atoms with van der Waals surface area (Å²) in [4.78, 5) is 14.6. The molecule has 0 spiro atoms. The van der Waals surface area contributed by atoms with E-state index in [9.17, 15) is 18.5 Å². The number of hydrogen-bond donors (Lipinski definition) is 1. The van der Waals surface area contributed by atoms with E-state index in [-0.39, 0.29) is 10.6 Å². The summed E-state index contributed by atoms with van der Waals surface area (Å²) in [6.07, 6.45) is 0. The van der Waals surface area contributed by atoms with Gasteiger partial charge in [-0.15, -0.1) is 0 Å². The van der Waals surface area contributed by atoms with Crippen LogP contribution in [0.15, 0.2) is 33.0 Å². The Morgan fingerprint density at radius 1 is 1.45 bits per heavy atom. The van der Waals surface area contributed by atoms with Crippen LogP contribution in [-0.2, 0) is 10.0 Å². The van der Waals surface area contributed by atoms with Crippen molar-refractivity contribution in [2.24, 2.45) is 10.9 Å². The smallest absolute Gasteiger partial charge is 0.261 e. The molecule has 1 aliphatic heterocycles. The van der Waals surface area contributed by atoms with Crippen LogP contribution in [-0.4, -0.2) is 25.1 Å². The Bertz CT molecular complexity index is 683. The zero-order valence-corrected chi connectivity index (χ0v) is 12.5. The molecule has 0 saturated carbocycles. The van der Waals surface area contributed by atoms with Crippen LogP contribution < -0.4 is 4.72 Å². The molecule has 0 unspecified atom stereocenters. The highest BCUT2D eigenvalue weighted by molar-refractivity contribution is 8.16. The lowest BCUT2D eigenvalue weighted by atomic mass is 10.2. The lowest BCUT2D eigenvalue weighted by molar-refractivity contribution is -0.385. The summed E-state index contributed by atoms with van der Waals surface area (Å²) in [5.74, 6) is 0.311. The average Bonchev–Trinajstić information content (AvgIpc) is 2.35. The molecule has 2 rings (SSSR count). The Hall–Kier alpha value is -1.61. The van der Waals surface area contributed by atoms with E-state index in [1.165, 1.54) is 12.1 Å². The van der Waals surface area contributed by atoms with Crippen molar-refractivity contribution in [3.05, 3.63) is 28.3 Å². The topological polar surface area (TPSA) is 102 Å². The summed E-state index contributed by atoms with van der Waals surface area (Å²) in [5.41, 5.74) is -0.253. The minimum absolute atomic E-state index is 0.0832. The molecule has 9 heteroatoms. The summed E-state index contributed by atoms with van der Waals surface area (Å²) in [5, 5.41) is 11.0. The van der Waals surface area contributed by atoms with Gasteiger partial charge in [0, 0.05) is 23.6 Å². The van der Waals surface area contributed by atoms with Crippen LogP contribution in [0.4, 0.5) is 5.69 Å². The number of nitro groups is 1. The number of thioether (sulfide) groups is 1. The Balaban J connectivity index is 2.42. The highest BCUT2D eigenvalue weighted by atomic mass is 32.2. The summed E-state index contributed by atoms with van der Waals surface area (Å²) in [6, 6.07) is 3.78. The number of nitrogens with zero attached hydrogens (tertiary/aromatic N) is 2. The van der Waals surface area contributed by atoms with Crippen LogP contribution >= 0.6 is 11.8 Å². The van der Waals surface area contributed by atoms with Crippen molar-refractivity contribution >= 4 is 32.6 Å². The summed E-state index contributed by atoms with van der Waals surface area (Å²) >= 11 is 1.16. The van der Waals surface area contributed by atoms with Gasteiger partial charge in [-0.05, 0) is 12.0 Å². The molecule has 0 radical (unpaired) electrons. The van der Waals surface area contributed by atoms with Crippen LogP contribution in [0.25, 0.3) is 0 Å². The van der Waals surface area contributed by atoms with Crippen molar-refractivity contribution in [3.63, 3.8) is 0 Å². The summed E-state index contributed by atoms with van der Waals surface area (Å²) in [6.45, 7) is 4.46. The van der Waals surface area contributed by atoms with E-state index in [4.69, 9.17) is 0 Å². The van der Waals surface area contributed by atoms with Gasteiger partial charge in [-0.2, -0.15) is 0 Å². The minimum atomic E-state index is -3.80. The van der Waals surface area contributed by atoms with Gasteiger partial charge in [0.05, 0.1) is 4.92 Å². The number of amidine groups is 1. The molecule has 1 aromatic carbocycles. The largest absolute Gasteiger partial charge is 0.270 e. The molecular formula is C11H13N3O4S2. The number of rotatable bonds is 3. The van der Waals surface area contributed by atoms with Crippen molar-refractivity contribution in [1.82, 2.24) is 4.72 Å². The van der Waals surface area contributed by atoms with Gasteiger partial charge >= 0.3 is 0 Å². The Morgan fingerprint density at radius 3 is 2.75 bits per heavy atom. The van der Waals surface area contributed by atoms with Gasteiger partial charge in [-0.25, -0.2) is 8.42 Å². The number of nitro benzene ring substituents is 1. The predicted molar refractivity (Wildman–Crippen MR) is 76.4 cm³/mol. The maximum Gasteiger partial charge on any atom is 0.270 e. The molecule has 0 aromatic heterocycles. The zero-order valence-electron chi connectivity index (χ0n) is 10.9. The minimum Gasteiger partial charge on any atom is -0.261 e. The normalized spacial score (nSPS) is 18.6. The van der Waals surface area contributed by atoms with E-state index in [2.05, 4.69) is 9.71 Å². The third-order valence-corrected chi connectivity index (χ3v) is 5.09. The number of nitrogens with one attached hydrogen (secondary N) is 1. The van der Waals surface area contributed by atoms with Crippen LogP contribution in [0.1, 0.15) is 13.8 Å². The Labute approximate surface area is 120 Å². The highest BCUT2D eigenvalue weighted by Crippen LogP contribution is 2.34. The monoisotopic (exact) mass is 315 g/mol. The zero-order chi connectivity index (χ0) is 14.9. The number of aliphatic imine (C=N–C) groups is 1. The van der Waals surface area contributed by atoms with E-state index >= 15 is 0 Å². The molecular weight excluding hydrogens is 302 g/mol.